The Morgan fingerprint density at radius 3 is 2.33 bits per heavy atom. The predicted molar refractivity (Wildman–Crippen MR) is 80.4 cm³/mol. The summed E-state index contributed by atoms with van der Waals surface area (Å²) in [5.41, 5.74) is 3.96. The topological polar surface area (TPSA) is 15.3 Å². The van der Waals surface area contributed by atoms with Crippen LogP contribution in [0, 0.1) is 6.92 Å². The molecule has 2 rings (SSSR count). The van der Waals surface area contributed by atoms with Gasteiger partial charge in [0.2, 0.25) is 0 Å². The maximum atomic E-state index is 3.49. The van der Waals surface area contributed by atoms with E-state index in [4.69, 9.17) is 0 Å². The van der Waals surface area contributed by atoms with Crippen LogP contribution in [0.25, 0.3) is 0 Å². The summed E-state index contributed by atoms with van der Waals surface area (Å²) < 4.78 is 0. The molecule has 0 atom stereocenters. The normalized spacial score (nSPS) is 10.6. The monoisotopic (exact) mass is 260 g/mol. The van der Waals surface area contributed by atoms with Gasteiger partial charge in [-0.1, -0.05) is 12.1 Å². The van der Waals surface area contributed by atoms with Crippen molar-refractivity contribution in [3.63, 3.8) is 0 Å². The largest absolute Gasteiger partial charge is 0.378 e. The Morgan fingerprint density at radius 2 is 1.78 bits per heavy atom. The van der Waals surface area contributed by atoms with Gasteiger partial charge >= 0.3 is 0 Å². The summed E-state index contributed by atoms with van der Waals surface area (Å²) in [7, 11) is 4.12. The van der Waals surface area contributed by atoms with Gasteiger partial charge in [-0.25, -0.2) is 0 Å². The summed E-state index contributed by atoms with van der Waals surface area (Å²) in [5, 5.41) is 5.64. The third kappa shape index (κ3) is 3.34. The molecule has 1 aromatic heterocycles. The van der Waals surface area contributed by atoms with Crippen LogP contribution in [0.5, 0.6) is 0 Å². The van der Waals surface area contributed by atoms with Crippen molar-refractivity contribution < 1.29 is 0 Å². The molecule has 0 bridgehead atoms. The molecule has 18 heavy (non-hydrogen) atoms. The maximum Gasteiger partial charge on any atom is 0.0361 e. The predicted octanol–water partition coefficient (Wildman–Crippen LogP) is 3.41. The Bertz CT molecular complexity index is 485. The van der Waals surface area contributed by atoms with Crippen LogP contribution in [-0.2, 0) is 13.1 Å². The van der Waals surface area contributed by atoms with Crippen LogP contribution in [0.15, 0.2) is 35.7 Å². The Kier molecular flexibility index (Phi) is 4.39. The fraction of sp³-hybridized carbons (Fsp3) is 0.333. The molecule has 1 heterocycles. The second kappa shape index (κ2) is 6.03. The third-order valence-electron chi connectivity index (χ3n) is 3.04. The van der Waals surface area contributed by atoms with Crippen molar-refractivity contribution in [2.75, 3.05) is 19.0 Å². The van der Waals surface area contributed by atoms with Crippen LogP contribution in [0.1, 0.15) is 16.0 Å². The van der Waals surface area contributed by atoms with Gasteiger partial charge < -0.3 is 10.2 Å². The first-order valence-electron chi connectivity index (χ1n) is 6.17. The molecule has 3 heteroatoms. The van der Waals surface area contributed by atoms with E-state index in [1.807, 2.05) is 11.3 Å². The van der Waals surface area contributed by atoms with Gasteiger partial charge in [0.1, 0.15) is 0 Å². The van der Waals surface area contributed by atoms with E-state index < -0.39 is 0 Å². The molecule has 0 aliphatic carbocycles. The van der Waals surface area contributed by atoms with E-state index in [0.29, 0.717) is 0 Å². The van der Waals surface area contributed by atoms with E-state index in [9.17, 15) is 0 Å². The standard InChI is InChI=1S/C15H20N2S/c1-12-8-9-18-15(12)11-16-10-13-4-6-14(7-5-13)17(2)3/h4-9,16H,10-11H2,1-3H3. The van der Waals surface area contributed by atoms with Crippen molar-refractivity contribution in [1.29, 1.82) is 0 Å². The maximum absolute atomic E-state index is 3.49. The van der Waals surface area contributed by atoms with Crippen LogP contribution in [0.2, 0.25) is 0 Å². The zero-order valence-electron chi connectivity index (χ0n) is 11.2. The number of rotatable bonds is 5. The summed E-state index contributed by atoms with van der Waals surface area (Å²) in [4.78, 5) is 3.55. The summed E-state index contributed by atoms with van der Waals surface area (Å²) >= 11 is 1.82. The Morgan fingerprint density at radius 1 is 1.06 bits per heavy atom. The van der Waals surface area contributed by atoms with Crippen LogP contribution >= 0.6 is 11.3 Å². The summed E-state index contributed by atoms with van der Waals surface area (Å²) in [6.45, 7) is 4.05. The third-order valence-corrected chi connectivity index (χ3v) is 4.06. The molecule has 0 aliphatic heterocycles. The second-order valence-electron chi connectivity index (χ2n) is 4.69. The van der Waals surface area contributed by atoms with E-state index in [1.165, 1.54) is 21.7 Å². The summed E-state index contributed by atoms with van der Waals surface area (Å²) in [5.74, 6) is 0. The van der Waals surface area contributed by atoms with E-state index >= 15 is 0 Å². The smallest absolute Gasteiger partial charge is 0.0361 e. The van der Waals surface area contributed by atoms with Crippen molar-refractivity contribution in [2.24, 2.45) is 0 Å². The number of nitrogens with one attached hydrogen (secondary N) is 1. The SMILES string of the molecule is Cc1ccsc1CNCc1ccc(N(C)C)cc1. The van der Waals surface area contributed by atoms with Crippen molar-refractivity contribution >= 4 is 17.0 Å². The quantitative estimate of drug-likeness (QED) is 0.886. The fourth-order valence-electron chi connectivity index (χ4n) is 1.82. The molecule has 0 aliphatic rings. The van der Waals surface area contributed by atoms with Crippen molar-refractivity contribution in [3.05, 3.63) is 51.7 Å². The highest BCUT2D eigenvalue weighted by molar-refractivity contribution is 7.10. The molecule has 0 saturated carbocycles. The Hall–Kier alpha value is -1.32. The van der Waals surface area contributed by atoms with Gasteiger partial charge in [0.25, 0.3) is 0 Å². The molecule has 2 aromatic rings. The minimum Gasteiger partial charge on any atom is -0.378 e. The molecule has 0 saturated heterocycles. The van der Waals surface area contributed by atoms with Gasteiger partial charge in [0.05, 0.1) is 0 Å². The first-order chi connectivity index (χ1) is 8.66. The lowest BCUT2D eigenvalue weighted by molar-refractivity contribution is 0.699. The number of benzene rings is 1. The van der Waals surface area contributed by atoms with Gasteiger partial charge in [-0.2, -0.15) is 0 Å². The molecule has 0 amide bonds. The fourth-order valence-corrected chi connectivity index (χ4v) is 2.69. The highest BCUT2D eigenvalue weighted by atomic mass is 32.1. The van der Waals surface area contributed by atoms with Gasteiger partial charge in [-0.3, -0.25) is 0 Å². The highest BCUT2D eigenvalue weighted by Gasteiger charge is 2.00. The molecule has 2 nitrogen and oxygen atoms in total. The van der Waals surface area contributed by atoms with Crippen molar-refractivity contribution in [3.8, 4) is 0 Å². The van der Waals surface area contributed by atoms with Gasteiger partial charge in [-0.15, -0.1) is 11.3 Å². The molecular weight excluding hydrogens is 240 g/mol. The zero-order valence-corrected chi connectivity index (χ0v) is 12.1. The van der Waals surface area contributed by atoms with Crippen LogP contribution in [0.3, 0.4) is 0 Å². The second-order valence-corrected chi connectivity index (χ2v) is 5.69. The number of hydrogen-bond donors (Lipinski definition) is 1. The van der Waals surface area contributed by atoms with E-state index in [-0.39, 0.29) is 0 Å². The lowest BCUT2D eigenvalue weighted by Gasteiger charge is -2.12. The molecule has 96 valence electrons. The molecule has 0 radical (unpaired) electrons. The average molecular weight is 260 g/mol. The summed E-state index contributed by atoms with van der Waals surface area (Å²) in [6, 6.07) is 10.9. The van der Waals surface area contributed by atoms with Crippen LogP contribution < -0.4 is 10.2 Å². The van der Waals surface area contributed by atoms with E-state index in [2.05, 4.69) is 66.9 Å². The number of aryl methyl sites for hydroxylation is 1. The van der Waals surface area contributed by atoms with E-state index in [1.54, 1.807) is 0 Å². The van der Waals surface area contributed by atoms with Gasteiger partial charge in [0.15, 0.2) is 0 Å². The lowest BCUT2D eigenvalue weighted by Crippen LogP contribution is -2.13. The number of hydrogen-bond acceptors (Lipinski definition) is 3. The zero-order chi connectivity index (χ0) is 13.0. The number of thiophene rings is 1. The molecule has 0 unspecified atom stereocenters. The summed E-state index contributed by atoms with van der Waals surface area (Å²) in [6.07, 6.45) is 0. The number of nitrogens with zero attached hydrogens (tertiary/aromatic N) is 1. The minimum atomic E-state index is 0.922. The van der Waals surface area contributed by atoms with Crippen LogP contribution in [-0.4, -0.2) is 14.1 Å². The highest BCUT2D eigenvalue weighted by Crippen LogP contribution is 2.15. The van der Waals surface area contributed by atoms with Crippen molar-refractivity contribution in [1.82, 2.24) is 5.32 Å². The molecule has 1 N–H and O–H groups in total. The molecule has 0 fully saturated rings. The average Bonchev–Trinajstić information content (AvgIpc) is 2.76. The first-order valence-corrected chi connectivity index (χ1v) is 7.05. The van der Waals surface area contributed by atoms with Crippen molar-refractivity contribution in [2.45, 2.75) is 20.0 Å². The lowest BCUT2D eigenvalue weighted by atomic mass is 10.2. The molecular formula is C15H20N2S. The van der Waals surface area contributed by atoms with E-state index in [0.717, 1.165) is 13.1 Å². The molecule has 0 spiro atoms. The Balaban J connectivity index is 1.85. The molecule has 1 aromatic carbocycles. The van der Waals surface area contributed by atoms with Gasteiger partial charge in [0, 0.05) is 37.7 Å². The number of anilines is 1. The minimum absolute atomic E-state index is 0.922. The van der Waals surface area contributed by atoms with Gasteiger partial charge in [-0.05, 0) is 41.6 Å². The van der Waals surface area contributed by atoms with Crippen LogP contribution in [0.4, 0.5) is 5.69 Å². The Labute approximate surface area is 113 Å². The first kappa shape index (κ1) is 13.1.